The summed E-state index contributed by atoms with van der Waals surface area (Å²) in [6, 6.07) is 4.86. The third kappa shape index (κ3) is 4.19. The highest BCUT2D eigenvalue weighted by molar-refractivity contribution is 7.85. The van der Waals surface area contributed by atoms with E-state index in [1.165, 1.54) is 6.07 Å². The molecule has 1 amide bonds. The van der Waals surface area contributed by atoms with Gasteiger partial charge in [-0.25, -0.2) is 0 Å². The first-order valence-corrected chi connectivity index (χ1v) is 8.06. The first kappa shape index (κ1) is 15.3. The van der Waals surface area contributed by atoms with E-state index in [9.17, 15) is 9.00 Å². The molecule has 5 nitrogen and oxygen atoms in total. The molecule has 1 aliphatic heterocycles. The van der Waals surface area contributed by atoms with E-state index in [1.807, 2.05) is 0 Å². The molecule has 1 fully saturated rings. The van der Waals surface area contributed by atoms with Crippen molar-refractivity contribution >= 4 is 34.0 Å². The topological polar surface area (TPSA) is 81.4 Å². The fourth-order valence-electron chi connectivity index (χ4n) is 1.96. The summed E-state index contributed by atoms with van der Waals surface area (Å²) in [6.07, 6.45) is 1.60. The summed E-state index contributed by atoms with van der Waals surface area (Å²) >= 11 is 5.88. The minimum absolute atomic E-state index is 0.0718. The number of hydrogen-bond donors (Lipinski definition) is 2. The van der Waals surface area contributed by atoms with Crippen molar-refractivity contribution < 1.29 is 13.7 Å². The molecule has 1 unspecified atom stereocenters. The van der Waals surface area contributed by atoms with Gasteiger partial charge in [0.2, 0.25) is 5.91 Å². The lowest BCUT2D eigenvalue weighted by Gasteiger charge is -2.22. The molecular formula is C13H17ClN2O3S. The van der Waals surface area contributed by atoms with Crippen LogP contribution in [0.2, 0.25) is 5.02 Å². The third-order valence-corrected chi connectivity index (χ3v) is 4.71. The Kier molecular flexibility index (Phi) is 5.39. The van der Waals surface area contributed by atoms with Crippen molar-refractivity contribution in [1.82, 2.24) is 5.32 Å². The van der Waals surface area contributed by atoms with Crippen LogP contribution in [0, 0.1) is 0 Å². The van der Waals surface area contributed by atoms with Gasteiger partial charge in [-0.2, -0.15) is 0 Å². The van der Waals surface area contributed by atoms with E-state index < -0.39 is 10.8 Å². The van der Waals surface area contributed by atoms with E-state index >= 15 is 0 Å². The van der Waals surface area contributed by atoms with E-state index in [0.717, 1.165) is 12.8 Å². The number of halogens is 1. The Morgan fingerprint density at radius 1 is 1.45 bits per heavy atom. The van der Waals surface area contributed by atoms with E-state index in [4.69, 9.17) is 22.1 Å². The van der Waals surface area contributed by atoms with Gasteiger partial charge in [-0.15, -0.1) is 0 Å². The van der Waals surface area contributed by atoms with Gasteiger partial charge in [-0.1, -0.05) is 11.6 Å². The maximum absolute atomic E-state index is 12.1. The third-order valence-electron chi connectivity index (χ3n) is 3.08. The number of nitrogens with two attached hydrogens (primary N) is 1. The fourth-order valence-corrected chi connectivity index (χ4v) is 3.17. The number of anilines is 1. The average molecular weight is 317 g/mol. The lowest BCUT2D eigenvalue weighted by molar-refractivity contribution is -0.119. The minimum Gasteiger partial charge on any atom is -0.398 e. The van der Waals surface area contributed by atoms with Gasteiger partial charge in [0.05, 0.1) is 21.5 Å². The molecule has 1 heterocycles. The summed E-state index contributed by atoms with van der Waals surface area (Å²) < 4.78 is 17.3. The zero-order valence-electron chi connectivity index (χ0n) is 10.9. The van der Waals surface area contributed by atoms with Crippen LogP contribution in [-0.4, -0.2) is 35.1 Å². The maximum Gasteiger partial charge on any atom is 0.233 e. The predicted molar refractivity (Wildman–Crippen MR) is 79.1 cm³/mol. The minimum atomic E-state index is -1.42. The monoisotopic (exact) mass is 316 g/mol. The number of benzene rings is 1. The molecule has 1 aliphatic rings. The first-order chi connectivity index (χ1) is 9.56. The van der Waals surface area contributed by atoms with E-state index in [-0.39, 0.29) is 17.7 Å². The fraction of sp³-hybridized carbons (Fsp3) is 0.462. The van der Waals surface area contributed by atoms with Crippen molar-refractivity contribution in [1.29, 1.82) is 0 Å². The highest BCUT2D eigenvalue weighted by Crippen LogP contribution is 2.21. The Labute approximate surface area is 125 Å². The number of ether oxygens (including phenoxy) is 1. The van der Waals surface area contributed by atoms with Crippen LogP contribution in [0.5, 0.6) is 0 Å². The Bertz CT molecular complexity index is 518. The van der Waals surface area contributed by atoms with Gasteiger partial charge in [-0.3, -0.25) is 9.00 Å². The SMILES string of the molecule is Nc1ccc(S(=O)CC(=O)NC2CCOCC2)cc1Cl. The second-order valence-electron chi connectivity index (χ2n) is 4.63. The van der Waals surface area contributed by atoms with Crippen molar-refractivity contribution in [2.75, 3.05) is 24.7 Å². The second kappa shape index (κ2) is 7.06. The van der Waals surface area contributed by atoms with E-state index in [0.29, 0.717) is 28.8 Å². The van der Waals surface area contributed by atoms with Crippen LogP contribution in [0.3, 0.4) is 0 Å². The summed E-state index contributed by atoms with van der Waals surface area (Å²) in [5.74, 6) is -0.291. The second-order valence-corrected chi connectivity index (χ2v) is 6.49. The van der Waals surface area contributed by atoms with Gasteiger partial charge < -0.3 is 15.8 Å². The summed E-state index contributed by atoms with van der Waals surface area (Å²) in [5, 5.41) is 3.22. The van der Waals surface area contributed by atoms with Gasteiger partial charge in [0, 0.05) is 24.2 Å². The van der Waals surface area contributed by atoms with Crippen LogP contribution >= 0.6 is 11.6 Å². The summed E-state index contributed by atoms with van der Waals surface area (Å²) in [4.78, 5) is 12.4. The highest BCUT2D eigenvalue weighted by Gasteiger charge is 2.18. The number of rotatable bonds is 4. The van der Waals surface area contributed by atoms with Crippen molar-refractivity contribution in [2.24, 2.45) is 0 Å². The van der Waals surface area contributed by atoms with Crippen LogP contribution < -0.4 is 11.1 Å². The lowest BCUT2D eigenvalue weighted by atomic mass is 10.1. The van der Waals surface area contributed by atoms with Crippen molar-refractivity contribution in [3.8, 4) is 0 Å². The smallest absolute Gasteiger partial charge is 0.233 e. The van der Waals surface area contributed by atoms with Gasteiger partial charge in [0.25, 0.3) is 0 Å². The number of amides is 1. The summed E-state index contributed by atoms with van der Waals surface area (Å²) in [5.41, 5.74) is 6.02. The molecule has 110 valence electrons. The summed E-state index contributed by atoms with van der Waals surface area (Å²) in [6.45, 7) is 1.31. The Morgan fingerprint density at radius 3 is 2.80 bits per heavy atom. The van der Waals surface area contributed by atoms with Gasteiger partial charge in [0.15, 0.2) is 0 Å². The van der Waals surface area contributed by atoms with Crippen LogP contribution in [-0.2, 0) is 20.3 Å². The molecule has 0 spiro atoms. The Balaban J connectivity index is 1.89. The van der Waals surface area contributed by atoms with Crippen molar-refractivity contribution in [2.45, 2.75) is 23.8 Å². The molecule has 1 aromatic rings. The summed E-state index contributed by atoms with van der Waals surface area (Å²) in [7, 11) is -1.42. The normalized spacial score (nSPS) is 17.6. The zero-order chi connectivity index (χ0) is 14.5. The number of carbonyl (C=O) groups excluding carboxylic acids is 1. The zero-order valence-corrected chi connectivity index (χ0v) is 12.5. The van der Waals surface area contributed by atoms with Gasteiger partial charge in [-0.05, 0) is 31.0 Å². The van der Waals surface area contributed by atoms with Crippen LogP contribution in [0.25, 0.3) is 0 Å². The molecule has 0 aliphatic carbocycles. The molecule has 1 aromatic carbocycles. The number of nitrogen functional groups attached to an aromatic ring is 1. The van der Waals surface area contributed by atoms with Crippen LogP contribution in [0.1, 0.15) is 12.8 Å². The lowest BCUT2D eigenvalue weighted by Crippen LogP contribution is -2.40. The molecule has 3 N–H and O–H groups in total. The number of nitrogens with one attached hydrogen (secondary N) is 1. The first-order valence-electron chi connectivity index (χ1n) is 6.37. The average Bonchev–Trinajstić information content (AvgIpc) is 2.42. The molecule has 1 saturated heterocycles. The molecule has 1 atom stereocenters. The van der Waals surface area contributed by atoms with Gasteiger partial charge >= 0.3 is 0 Å². The highest BCUT2D eigenvalue weighted by atomic mass is 35.5. The Morgan fingerprint density at radius 2 is 2.15 bits per heavy atom. The molecule has 0 bridgehead atoms. The van der Waals surface area contributed by atoms with Crippen molar-refractivity contribution in [3.63, 3.8) is 0 Å². The molecular weight excluding hydrogens is 300 g/mol. The maximum atomic E-state index is 12.1. The number of carbonyl (C=O) groups is 1. The van der Waals surface area contributed by atoms with Crippen molar-refractivity contribution in [3.05, 3.63) is 23.2 Å². The van der Waals surface area contributed by atoms with E-state index in [1.54, 1.807) is 12.1 Å². The van der Waals surface area contributed by atoms with Crippen LogP contribution in [0.4, 0.5) is 5.69 Å². The van der Waals surface area contributed by atoms with Crippen LogP contribution in [0.15, 0.2) is 23.1 Å². The molecule has 7 heteroatoms. The molecule has 2 rings (SSSR count). The molecule has 0 radical (unpaired) electrons. The quantitative estimate of drug-likeness (QED) is 0.821. The largest absolute Gasteiger partial charge is 0.398 e. The molecule has 0 saturated carbocycles. The number of hydrogen-bond acceptors (Lipinski definition) is 4. The van der Waals surface area contributed by atoms with Gasteiger partial charge in [0.1, 0.15) is 5.75 Å². The predicted octanol–water partition coefficient (Wildman–Crippen LogP) is 1.32. The van der Waals surface area contributed by atoms with E-state index in [2.05, 4.69) is 5.32 Å². The molecule has 0 aromatic heterocycles. The standard InChI is InChI=1S/C13H17ClN2O3S/c14-11-7-10(1-2-12(11)15)20(18)8-13(17)16-9-3-5-19-6-4-9/h1-2,7,9H,3-6,8,15H2,(H,16,17). The molecule has 20 heavy (non-hydrogen) atoms. The Hall–Kier alpha value is -1.11.